The SMILES string of the molecule is COc1cccc(N2C(=O)C(O)=C(C(=O)c3sc(-c4ccccc4)nc3C)C2c2ccc(OC(C)C)cc2)c1. The molecule has 1 unspecified atom stereocenters. The zero-order valence-electron chi connectivity index (χ0n) is 22.0. The van der Waals surface area contributed by atoms with Gasteiger partial charge in [0.15, 0.2) is 5.76 Å². The van der Waals surface area contributed by atoms with Crippen LogP contribution in [-0.2, 0) is 4.79 Å². The van der Waals surface area contributed by atoms with E-state index in [0.29, 0.717) is 38.3 Å². The zero-order valence-corrected chi connectivity index (χ0v) is 22.9. The Kier molecular flexibility index (Phi) is 7.21. The monoisotopic (exact) mass is 540 g/mol. The van der Waals surface area contributed by atoms with E-state index in [1.807, 2.05) is 56.3 Å². The van der Waals surface area contributed by atoms with E-state index in [-0.39, 0.29) is 11.7 Å². The molecule has 4 aromatic rings. The van der Waals surface area contributed by atoms with Gasteiger partial charge in [0.1, 0.15) is 16.5 Å². The second-order valence-electron chi connectivity index (χ2n) is 9.41. The quantitative estimate of drug-likeness (QED) is 0.250. The first-order valence-corrected chi connectivity index (χ1v) is 13.3. The number of aryl methyl sites for hydroxylation is 1. The van der Waals surface area contributed by atoms with Gasteiger partial charge in [0.25, 0.3) is 5.91 Å². The molecule has 1 amide bonds. The standard InChI is InChI=1S/C31H28N2O5S/c1-18(2)38-23-15-13-20(14-16-23)26-25(28(35)31(36)33(26)22-11-8-12-24(17-22)37-4)27(34)29-19(3)32-30(39-29)21-9-6-5-7-10-21/h5-18,26,35H,1-4H3. The number of amides is 1. The minimum absolute atomic E-state index is 0.00621. The summed E-state index contributed by atoms with van der Waals surface area (Å²) in [7, 11) is 1.54. The second kappa shape index (κ2) is 10.7. The highest BCUT2D eigenvalue weighted by molar-refractivity contribution is 7.17. The first kappa shape index (κ1) is 26.2. The molecule has 0 spiro atoms. The predicted octanol–water partition coefficient (Wildman–Crippen LogP) is 6.70. The summed E-state index contributed by atoms with van der Waals surface area (Å²) in [5, 5.41) is 11.9. The highest BCUT2D eigenvalue weighted by Gasteiger charge is 2.45. The lowest BCUT2D eigenvalue weighted by molar-refractivity contribution is -0.117. The Morgan fingerprint density at radius 2 is 1.72 bits per heavy atom. The Bertz CT molecular complexity index is 1560. The topological polar surface area (TPSA) is 89.0 Å². The van der Waals surface area contributed by atoms with Crippen LogP contribution in [0.2, 0.25) is 0 Å². The third kappa shape index (κ3) is 5.03. The Balaban J connectivity index is 1.61. The fraction of sp³-hybridized carbons (Fsp3) is 0.194. The van der Waals surface area contributed by atoms with Crippen LogP contribution < -0.4 is 14.4 Å². The minimum Gasteiger partial charge on any atom is -0.503 e. The third-order valence-electron chi connectivity index (χ3n) is 6.38. The first-order chi connectivity index (χ1) is 18.8. The number of hydrogen-bond acceptors (Lipinski definition) is 7. The van der Waals surface area contributed by atoms with Crippen LogP contribution in [0.4, 0.5) is 5.69 Å². The normalized spacial score (nSPS) is 15.3. The molecule has 1 aliphatic rings. The van der Waals surface area contributed by atoms with Crippen molar-refractivity contribution >= 4 is 28.7 Å². The van der Waals surface area contributed by atoms with Gasteiger partial charge in [0.2, 0.25) is 5.78 Å². The summed E-state index contributed by atoms with van der Waals surface area (Å²) >= 11 is 1.24. The summed E-state index contributed by atoms with van der Waals surface area (Å²) in [6.45, 7) is 5.64. The van der Waals surface area contributed by atoms with Crippen LogP contribution in [0.15, 0.2) is 90.2 Å². The van der Waals surface area contributed by atoms with Crippen molar-refractivity contribution in [3.8, 4) is 22.1 Å². The second-order valence-corrected chi connectivity index (χ2v) is 10.4. The van der Waals surface area contributed by atoms with Crippen LogP contribution in [-0.4, -0.2) is 35.0 Å². The molecule has 8 heteroatoms. The van der Waals surface area contributed by atoms with E-state index in [4.69, 9.17) is 9.47 Å². The molecule has 1 aliphatic heterocycles. The maximum atomic E-state index is 14.1. The maximum Gasteiger partial charge on any atom is 0.294 e. The van der Waals surface area contributed by atoms with E-state index >= 15 is 0 Å². The van der Waals surface area contributed by atoms with Gasteiger partial charge in [0, 0.05) is 17.3 Å². The lowest BCUT2D eigenvalue weighted by Gasteiger charge is -2.27. The van der Waals surface area contributed by atoms with Crippen LogP contribution in [0.1, 0.15) is 40.8 Å². The van der Waals surface area contributed by atoms with E-state index < -0.39 is 23.5 Å². The molecule has 0 saturated heterocycles. The van der Waals surface area contributed by atoms with Crippen LogP contribution in [0, 0.1) is 6.92 Å². The van der Waals surface area contributed by atoms with Gasteiger partial charge >= 0.3 is 0 Å². The Morgan fingerprint density at radius 3 is 2.38 bits per heavy atom. The highest BCUT2D eigenvalue weighted by Crippen LogP contribution is 2.44. The van der Waals surface area contributed by atoms with Gasteiger partial charge in [0.05, 0.1) is 35.4 Å². The number of methoxy groups -OCH3 is 1. The number of rotatable bonds is 8. The molecular weight excluding hydrogens is 512 g/mol. The molecule has 0 saturated carbocycles. The first-order valence-electron chi connectivity index (χ1n) is 12.5. The number of aromatic nitrogens is 1. The van der Waals surface area contributed by atoms with Crippen LogP contribution >= 0.6 is 11.3 Å². The number of anilines is 1. The summed E-state index contributed by atoms with van der Waals surface area (Å²) in [6.07, 6.45) is -0.00798. The van der Waals surface area contributed by atoms with Crippen molar-refractivity contribution in [2.75, 3.05) is 12.0 Å². The van der Waals surface area contributed by atoms with E-state index in [1.165, 1.54) is 23.3 Å². The molecule has 1 atom stereocenters. The average Bonchev–Trinajstić information content (AvgIpc) is 3.46. The van der Waals surface area contributed by atoms with E-state index in [0.717, 1.165) is 5.56 Å². The van der Waals surface area contributed by atoms with Crippen molar-refractivity contribution in [3.05, 3.63) is 106 Å². The number of hydrogen-bond donors (Lipinski definition) is 1. The zero-order chi connectivity index (χ0) is 27.7. The Morgan fingerprint density at radius 1 is 1.00 bits per heavy atom. The fourth-order valence-corrected chi connectivity index (χ4v) is 5.64. The van der Waals surface area contributed by atoms with E-state index in [2.05, 4.69) is 4.98 Å². The Hall–Kier alpha value is -4.43. The number of benzene rings is 3. The molecular formula is C31H28N2O5S. The summed E-state index contributed by atoms with van der Waals surface area (Å²) in [4.78, 5) is 34.1. The molecule has 3 aromatic carbocycles. The lowest BCUT2D eigenvalue weighted by Crippen LogP contribution is -2.31. The molecule has 0 radical (unpaired) electrons. The molecule has 2 heterocycles. The summed E-state index contributed by atoms with van der Waals surface area (Å²) in [5.74, 6) is -0.465. The molecule has 7 nitrogen and oxygen atoms in total. The number of aliphatic hydroxyl groups excluding tert-OH is 1. The minimum atomic E-state index is -0.869. The van der Waals surface area contributed by atoms with Gasteiger partial charge in [-0.25, -0.2) is 4.98 Å². The molecule has 5 rings (SSSR count). The van der Waals surface area contributed by atoms with Crippen molar-refractivity contribution < 1.29 is 24.2 Å². The van der Waals surface area contributed by atoms with Gasteiger partial charge in [-0.05, 0) is 50.6 Å². The van der Waals surface area contributed by atoms with Crippen molar-refractivity contribution in [2.24, 2.45) is 0 Å². The van der Waals surface area contributed by atoms with Crippen molar-refractivity contribution in [2.45, 2.75) is 32.9 Å². The van der Waals surface area contributed by atoms with Crippen molar-refractivity contribution in [1.82, 2.24) is 4.98 Å². The summed E-state index contributed by atoms with van der Waals surface area (Å²) in [5.41, 5.74) is 2.58. The van der Waals surface area contributed by atoms with E-state index in [1.54, 1.807) is 43.3 Å². The number of nitrogens with zero attached hydrogens (tertiary/aromatic N) is 2. The van der Waals surface area contributed by atoms with Crippen LogP contribution in [0.5, 0.6) is 11.5 Å². The predicted molar refractivity (Wildman–Crippen MR) is 152 cm³/mol. The largest absolute Gasteiger partial charge is 0.503 e. The lowest BCUT2D eigenvalue weighted by atomic mass is 9.94. The van der Waals surface area contributed by atoms with Gasteiger partial charge in [-0.2, -0.15) is 0 Å². The molecule has 1 N–H and O–H groups in total. The molecule has 0 aliphatic carbocycles. The highest BCUT2D eigenvalue weighted by atomic mass is 32.1. The number of ether oxygens (including phenoxy) is 2. The molecule has 1 aromatic heterocycles. The fourth-order valence-electron chi connectivity index (χ4n) is 4.61. The maximum absolute atomic E-state index is 14.1. The van der Waals surface area contributed by atoms with Crippen LogP contribution in [0.25, 0.3) is 10.6 Å². The van der Waals surface area contributed by atoms with Gasteiger partial charge < -0.3 is 14.6 Å². The number of carbonyl (C=O) groups excluding carboxylic acids is 2. The number of Topliss-reactive ketones (excluding diaryl/α,β-unsaturated/α-hetero) is 1. The van der Waals surface area contributed by atoms with E-state index in [9.17, 15) is 14.7 Å². The van der Waals surface area contributed by atoms with Gasteiger partial charge in [-0.3, -0.25) is 14.5 Å². The number of aliphatic hydroxyl groups is 1. The van der Waals surface area contributed by atoms with Gasteiger partial charge in [-0.1, -0.05) is 48.5 Å². The average molecular weight is 541 g/mol. The summed E-state index contributed by atoms with van der Waals surface area (Å²) < 4.78 is 11.2. The number of carbonyl (C=O) groups is 2. The third-order valence-corrected chi connectivity index (χ3v) is 7.58. The van der Waals surface area contributed by atoms with Crippen LogP contribution in [0.3, 0.4) is 0 Å². The van der Waals surface area contributed by atoms with Gasteiger partial charge in [-0.15, -0.1) is 11.3 Å². The molecule has 39 heavy (non-hydrogen) atoms. The molecule has 198 valence electrons. The molecule has 0 bridgehead atoms. The summed E-state index contributed by atoms with van der Waals surface area (Å²) in [6, 6.07) is 22.9. The Labute approximate surface area is 231 Å². The number of ketones is 1. The van der Waals surface area contributed by atoms with Crippen molar-refractivity contribution in [1.29, 1.82) is 0 Å². The molecule has 0 fully saturated rings. The number of thiazole rings is 1. The van der Waals surface area contributed by atoms with Crippen molar-refractivity contribution in [3.63, 3.8) is 0 Å². The smallest absolute Gasteiger partial charge is 0.294 e.